The average Bonchev–Trinajstić information content (AvgIpc) is 2.94. The molecule has 1 aliphatic rings. The van der Waals surface area contributed by atoms with Gasteiger partial charge in [0, 0.05) is 11.4 Å². The molecular formula is C26H29NO3. The summed E-state index contributed by atoms with van der Waals surface area (Å²) in [6, 6.07) is 13.9. The van der Waals surface area contributed by atoms with Crippen molar-refractivity contribution >= 4 is 23.6 Å². The highest BCUT2D eigenvalue weighted by Crippen LogP contribution is 2.36. The minimum atomic E-state index is -0.472. The summed E-state index contributed by atoms with van der Waals surface area (Å²) < 4.78 is 5.27. The lowest BCUT2D eigenvalue weighted by Crippen LogP contribution is -2.24. The fourth-order valence-corrected chi connectivity index (χ4v) is 3.60. The molecule has 2 aromatic rings. The smallest absolute Gasteiger partial charge is 0.340 e. The molecule has 3 rings (SSSR count). The molecule has 0 aliphatic carbocycles. The molecule has 0 saturated carbocycles. The van der Waals surface area contributed by atoms with Gasteiger partial charge >= 0.3 is 5.97 Å². The number of anilines is 1. The summed E-state index contributed by atoms with van der Waals surface area (Å²) in [7, 11) is 0. The van der Waals surface area contributed by atoms with E-state index in [2.05, 4.69) is 26.0 Å². The zero-order chi connectivity index (χ0) is 22.0. The molecule has 156 valence electrons. The molecule has 0 N–H and O–H groups in total. The van der Waals surface area contributed by atoms with Crippen LogP contribution in [0.15, 0.2) is 59.3 Å². The summed E-state index contributed by atoms with van der Waals surface area (Å²) in [5.74, 6) is -0.260. The van der Waals surface area contributed by atoms with E-state index in [9.17, 15) is 9.59 Å². The molecule has 1 heterocycles. The Kier molecular flexibility index (Phi) is 6.25. The van der Waals surface area contributed by atoms with Crippen LogP contribution in [0, 0.1) is 13.8 Å². The maximum absolute atomic E-state index is 13.4. The predicted molar refractivity (Wildman–Crippen MR) is 121 cm³/mol. The first kappa shape index (κ1) is 21.6. The Morgan fingerprint density at radius 1 is 1.03 bits per heavy atom. The number of aryl methyl sites for hydroxylation is 2. The first-order valence-electron chi connectivity index (χ1n) is 10.4. The van der Waals surface area contributed by atoms with Crippen molar-refractivity contribution < 1.29 is 14.3 Å². The third-order valence-electron chi connectivity index (χ3n) is 5.54. The zero-order valence-corrected chi connectivity index (χ0v) is 18.6. The van der Waals surface area contributed by atoms with Gasteiger partial charge in [0.15, 0.2) is 0 Å². The van der Waals surface area contributed by atoms with Crippen LogP contribution >= 0.6 is 0 Å². The van der Waals surface area contributed by atoms with E-state index in [1.165, 1.54) is 5.56 Å². The van der Waals surface area contributed by atoms with E-state index in [1.54, 1.807) is 24.8 Å². The number of carbonyl (C=O) groups excluding carboxylic acids is 2. The van der Waals surface area contributed by atoms with Crippen LogP contribution < -0.4 is 4.90 Å². The van der Waals surface area contributed by atoms with Crippen LogP contribution in [0.5, 0.6) is 0 Å². The lowest BCUT2D eigenvalue weighted by molar-refractivity contribution is -0.138. The van der Waals surface area contributed by atoms with Crippen LogP contribution in [0.3, 0.4) is 0 Å². The van der Waals surface area contributed by atoms with Gasteiger partial charge in [0.05, 0.1) is 17.8 Å². The third-order valence-corrected chi connectivity index (χ3v) is 5.54. The predicted octanol–water partition coefficient (Wildman–Crippen LogP) is 5.69. The molecule has 1 amide bonds. The summed E-state index contributed by atoms with van der Waals surface area (Å²) in [4.78, 5) is 27.8. The fraction of sp³-hybridized carbons (Fsp3) is 0.308. The van der Waals surface area contributed by atoms with E-state index in [0.29, 0.717) is 22.8 Å². The number of hydrogen-bond acceptors (Lipinski definition) is 3. The van der Waals surface area contributed by atoms with Crippen molar-refractivity contribution in [1.82, 2.24) is 0 Å². The quantitative estimate of drug-likeness (QED) is 0.476. The van der Waals surface area contributed by atoms with Gasteiger partial charge in [-0.3, -0.25) is 9.69 Å². The second-order valence-electron chi connectivity index (χ2n) is 7.97. The zero-order valence-electron chi connectivity index (χ0n) is 18.6. The molecule has 30 heavy (non-hydrogen) atoms. The third kappa shape index (κ3) is 4.09. The number of ether oxygens (including phenoxy) is 1. The maximum atomic E-state index is 13.4. The van der Waals surface area contributed by atoms with Gasteiger partial charge in [0.1, 0.15) is 0 Å². The number of nitrogens with zero attached hydrogens (tertiary/aromatic N) is 1. The van der Waals surface area contributed by atoms with Crippen LogP contribution in [-0.2, 0) is 14.3 Å². The standard InChI is InChI=1S/C26H29NO3/c1-7-30-26(29)24-19(6)27(22-13-8-17(4)18(5)14-22)25(28)23(24)15-20-9-11-21(12-10-20)16(2)3/h8-16H,7H2,1-6H3. The number of esters is 1. The topological polar surface area (TPSA) is 46.6 Å². The van der Waals surface area contributed by atoms with Gasteiger partial charge in [-0.2, -0.15) is 0 Å². The highest BCUT2D eigenvalue weighted by molar-refractivity contribution is 6.23. The molecule has 4 nitrogen and oxygen atoms in total. The number of benzene rings is 2. The normalized spacial score (nSPS) is 15.5. The molecule has 0 unspecified atom stereocenters. The molecule has 0 fully saturated rings. The Balaban J connectivity index is 2.10. The molecule has 4 heteroatoms. The van der Waals surface area contributed by atoms with Gasteiger partial charge in [-0.05, 0) is 74.1 Å². The van der Waals surface area contributed by atoms with Crippen molar-refractivity contribution in [3.05, 3.63) is 81.6 Å². The van der Waals surface area contributed by atoms with Gasteiger partial charge in [-0.15, -0.1) is 0 Å². The first-order valence-corrected chi connectivity index (χ1v) is 10.4. The van der Waals surface area contributed by atoms with Crippen LogP contribution in [0.1, 0.15) is 55.9 Å². The Morgan fingerprint density at radius 3 is 2.27 bits per heavy atom. The van der Waals surface area contributed by atoms with Crippen LogP contribution in [0.4, 0.5) is 5.69 Å². The van der Waals surface area contributed by atoms with Crippen molar-refractivity contribution in [2.24, 2.45) is 0 Å². The molecule has 0 aromatic heterocycles. The summed E-state index contributed by atoms with van der Waals surface area (Å²) in [5.41, 5.74) is 6.37. The van der Waals surface area contributed by atoms with Gasteiger partial charge in [0.25, 0.3) is 5.91 Å². The molecule has 0 saturated heterocycles. The van der Waals surface area contributed by atoms with E-state index in [-0.39, 0.29) is 12.5 Å². The Bertz CT molecular complexity index is 1040. The molecule has 1 aliphatic heterocycles. The van der Waals surface area contributed by atoms with Gasteiger partial charge in [-0.25, -0.2) is 4.79 Å². The van der Waals surface area contributed by atoms with Gasteiger partial charge in [-0.1, -0.05) is 44.2 Å². The Labute approximate surface area is 178 Å². The van der Waals surface area contributed by atoms with Crippen LogP contribution in [-0.4, -0.2) is 18.5 Å². The lowest BCUT2D eigenvalue weighted by atomic mass is 9.99. The fourth-order valence-electron chi connectivity index (χ4n) is 3.60. The summed E-state index contributed by atoms with van der Waals surface area (Å²) in [6.45, 7) is 12.1. The number of amides is 1. The van der Waals surface area contributed by atoms with Gasteiger partial charge in [0.2, 0.25) is 0 Å². The first-order chi connectivity index (χ1) is 14.2. The average molecular weight is 404 g/mol. The van der Waals surface area contributed by atoms with E-state index in [4.69, 9.17) is 4.74 Å². The Hall–Kier alpha value is -3.14. The molecule has 0 radical (unpaired) electrons. The molecule has 0 spiro atoms. The summed E-state index contributed by atoms with van der Waals surface area (Å²) in [5, 5.41) is 0. The van der Waals surface area contributed by atoms with Gasteiger partial charge < -0.3 is 4.74 Å². The van der Waals surface area contributed by atoms with E-state index >= 15 is 0 Å². The number of hydrogen-bond donors (Lipinski definition) is 0. The highest BCUT2D eigenvalue weighted by Gasteiger charge is 2.38. The molecule has 0 bridgehead atoms. The number of allylic oxidation sites excluding steroid dienone is 1. The van der Waals surface area contributed by atoms with Crippen LogP contribution in [0.2, 0.25) is 0 Å². The van der Waals surface area contributed by atoms with E-state index in [1.807, 2.05) is 44.2 Å². The maximum Gasteiger partial charge on any atom is 0.340 e. The second kappa shape index (κ2) is 8.70. The largest absolute Gasteiger partial charge is 0.462 e. The van der Waals surface area contributed by atoms with Crippen molar-refractivity contribution in [1.29, 1.82) is 0 Å². The molecular weight excluding hydrogens is 374 g/mol. The lowest BCUT2D eigenvalue weighted by Gasteiger charge is -2.19. The van der Waals surface area contributed by atoms with Crippen molar-refractivity contribution in [2.75, 3.05) is 11.5 Å². The molecule has 2 aromatic carbocycles. The summed E-state index contributed by atoms with van der Waals surface area (Å²) >= 11 is 0. The summed E-state index contributed by atoms with van der Waals surface area (Å²) in [6.07, 6.45) is 1.78. The minimum absolute atomic E-state index is 0.216. The molecule has 0 atom stereocenters. The number of carbonyl (C=O) groups is 2. The SMILES string of the molecule is CCOC(=O)C1=C(C)N(c2ccc(C)c(C)c2)C(=O)C1=Cc1ccc(C(C)C)cc1. The monoisotopic (exact) mass is 403 g/mol. The minimum Gasteiger partial charge on any atom is -0.462 e. The highest BCUT2D eigenvalue weighted by atomic mass is 16.5. The van der Waals surface area contributed by atoms with E-state index in [0.717, 1.165) is 22.4 Å². The van der Waals surface area contributed by atoms with Crippen LogP contribution in [0.25, 0.3) is 6.08 Å². The second-order valence-corrected chi connectivity index (χ2v) is 7.97. The van der Waals surface area contributed by atoms with E-state index < -0.39 is 5.97 Å². The number of rotatable bonds is 5. The Morgan fingerprint density at radius 2 is 1.70 bits per heavy atom. The van der Waals surface area contributed by atoms with Crippen molar-refractivity contribution in [2.45, 2.75) is 47.5 Å². The van der Waals surface area contributed by atoms with Crippen molar-refractivity contribution in [3.8, 4) is 0 Å². The van der Waals surface area contributed by atoms with Crippen molar-refractivity contribution in [3.63, 3.8) is 0 Å².